The van der Waals surface area contributed by atoms with E-state index in [2.05, 4.69) is 5.32 Å². The lowest BCUT2D eigenvalue weighted by molar-refractivity contribution is -0.00160. The molecule has 0 fully saturated rings. The number of hydrogen-bond donors (Lipinski definition) is 2. The van der Waals surface area contributed by atoms with Crippen molar-refractivity contribution in [3.63, 3.8) is 0 Å². The summed E-state index contributed by atoms with van der Waals surface area (Å²) in [4.78, 5) is 12.2. The molecule has 0 radical (unpaired) electrons. The van der Waals surface area contributed by atoms with Crippen LogP contribution in [-0.2, 0) is 5.60 Å². The third-order valence-corrected chi connectivity index (χ3v) is 4.02. The van der Waals surface area contributed by atoms with Crippen LogP contribution in [0.5, 0.6) is 5.75 Å². The van der Waals surface area contributed by atoms with Crippen molar-refractivity contribution in [2.45, 2.75) is 12.0 Å². The number of carbonyl (C=O) groups is 1. The molecule has 5 heteroatoms. The highest BCUT2D eigenvalue weighted by molar-refractivity contribution is 6.30. The van der Waals surface area contributed by atoms with E-state index >= 15 is 0 Å². The Morgan fingerprint density at radius 2 is 2.09 bits per heavy atom. The normalized spacial score (nSPS) is 19.9. The summed E-state index contributed by atoms with van der Waals surface area (Å²) < 4.78 is 5.54. The number of halogens is 1. The van der Waals surface area contributed by atoms with Crippen molar-refractivity contribution in [2.75, 3.05) is 13.2 Å². The maximum Gasteiger partial charge on any atom is 0.251 e. The van der Waals surface area contributed by atoms with Crippen molar-refractivity contribution in [3.05, 3.63) is 64.7 Å². The van der Waals surface area contributed by atoms with Crippen LogP contribution in [0.15, 0.2) is 48.5 Å². The highest BCUT2D eigenvalue weighted by Gasteiger charge is 2.35. The van der Waals surface area contributed by atoms with Gasteiger partial charge >= 0.3 is 0 Å². The fraction of sp³-hybridized carbons (Fsp3) is 0.235. The highest BCUT2D eigenvalue weighted by Crippen LogP contribution is 2.36. The van der Waals surface area contributed by atoms with Crippen LogP contribution in [0.25, 0.3) is 0 Å². The molecule has 1 unspecified atom stereocenters. The van der Waals surface area contributed by atoms with Gasteiger partial charge in [0.25, 0.3) is 5.91 Å². The number of hydrogen-bond acceptors (Lipinski definition) is 3. The number of aliphatic hydroxyl groups is 1. The summed E-state index contributed by atoms with van der Waals surface area (Å²) >= 11 is 5.89. The van der Waals surface area contributed by atoms with E-state index in [0.29, 0.717) is 34.9 Å². The Hall–Kier alpha value is -2.04. The Balaban J connectivity index is 1.75. The van der Waals surface area contributed by atoms with Crippen LogP contribution >= 0.6 is 11.6 Å². The van der Waals surface area contributed by atoms with Crippen LogP contribution in [0.1, 0.15) is 22.3 Å². The van der Waals surface area contributed by atoms with Crippen molar-refractivity contribution in [1.82, 2.24) is 5.32 Å². The summed E-state index contributed by atoms with van der Waals surface area (Å²) in [6, 6.07) is 14.0. The first kappa shape index (κ1) is 14.9. The molecule has 1 amide bonds. The monoisotopic (exact) mass is 317 g/mol. The van der Waals surface area contributed by atoms with Crippen molar-refractivity contribution >= 4 is 17.5 Å². The molecule has 4 nitrogen and oxygen atoms in total. The highest BCUT2D eigenvalue weighted by atomic mass is 35.5. The molecule has 2 aromatic carbocycles. The van der Waals surface area contributed by atoms with Crippen LogP contribution in [0.2, 0.25) is 5.02 Å². The Bertz CT molecular complexity index is 704. The first-order valence-corrected chi connectivity index (χ1v) is 7.45. The van der Waals surface area contributed by atoms with Crippen LogP contribution in [-0.4, -0.2) is 24.2 Å². The second-order valence-electron chi connectivity index (χ2n) is 5.32. The van der Waals surface area contributed by atoms with E-state index in [1.807, 2.05) is 24.3 Å². The maximum atomic E-state index is 12.2. The summed E-state index contributed by atoms with van der Waals surface area (Å²) in [5.41, 5.74) is 0.0485. The molecular formula is C17H16ClNO3. The van der Waals surface area contributed by atoms with E-state index in [-0.39, 0.29) is 12.5 Å². The minimum absolute atomic E-state index is 0.124. The topological polar surface area (TPSA) is 58.6 Å². The lowest BCUT2D eigenvalue weighted by Gasteiger charge is -2.34. The zero-order chi connectivity index (χ0) is 15.6. The number of para-hydroxylation sites is 1. The van der Waals surface area contributed by atoms with Gasteiger partial charge < -0.3 is 15.2 Å². The minimum atomic E-state index is -1.12. The van der Waals surface area contributed by atoms with E-state index in [1.54, 1.807) is 24.3 Å². The Kier molecular flexibility index (Phi) is 4.05. The molecule has 0 spiro atoms. The molecule has 2 aromatic rings. The van der Waals surface area contributed by atoms with E-state index in [9.17, 15) is 9.90 Å². The standard InChI is InChI=1S/C17H16ClNO3/c18-13-5-3-4-12(10-13)16(20)19-11-17(21)8-9-22-15-7-2-1-6-14(15)17/h1-7,10,21H,8-9,11H2,(H,19,20). The van der Waals surface area contributed by atoms with E-state index in [1.165, 1.54) is 0 Å². The molecule has 0 bridgehead atoms. The van der Waals surface area contributed by atoms with Crippen LogP contribution in [0, 0.1) is 0 Å². The number of nitrogens with one attached hydrogen (secondary N) is 1. The van der Waals surface area contributed by atoms with Gasteiger partial charge in [0.1, 0.15) is 11.4 Å². The lowest BCUT2D eigenvalue weighted by atomic mass is 9.88. The average Bonchev–Trinajstić information content (AvgIpc) is 2.53. The zero-order valence-electron chi connectivity index (χ0n) is 11.9. The van der Waals surface area contributed by atoms with Gasteiger partial charge in [-0.25, -0.2) is 0 Å². The number of benzene rings is 2. The second kappa shape index (κ2) is 5.99. The van der Waals surface area contributed by atoms with Crippen molar-refractivity contribution in [3.8, 4) is 5.75 Å². The molecule has 1 heterocycles. The Morgan fingerprint density at radius 3 is 2.91 bits per heavy atom. The number of amides is 1. The van der Waals surface area contributed by atoms with Crippen LogP contribution in [0.3, 0.4) is 0 Å². The summed E-state index contributed by atoms with van der Waals surface area (Å²) in [6.45, 7) is 0.541. The molecular weight excluding hydrogens is 302 g/mol. The molecule has 0 aromatic heterocycles. The van der Waals surface area contributed by atoms with Gasteiger partial charge in [0.15, 0.2) is 0 Å². The van der Waals surface area contributed by atoms with Gasteiger partial charge in [-0.15, -0.1) is 0 Å². The molecule has 1 atom stereocenters. The first-order valence-electron chi connectivity index (χ1n) is 7.07. The Labute approximate surface area is 133 Å². The lowest BCUT2D eigenvalue weighted by Crippen LogP contribution is -2.43. The van der Waals surface area contributed by atoms with E-state index < -0.39 is 5.60 Å². The van der Waals surface area contributed by atoms with Gasteiger partial charge in [-0.2, -0.15) is 0 Å². The number of carbonyl (C=O) groups excluding carboxylic acids is 1. The first-order chi connectivity index (χ1) is 10.6. The number of ether oxygens (including phenoxy) is 1. The van der Waals surface area contributed by atoms with Gasteiger partial charge in [-0.1, -0.05) is 35.9 Å². The fourth-order valence-corrected chi connectivity index (χ4v) is 2.77. The molecule has 0 saturated heterocycles. The maximum absolute atomic E-state index is 12.2. The molecule has 2 N–H and O–H groups in total. The molecule has 1 aliphatic rings. The third kappa shape index (κ3) is 2.93. The SMILES string of the molecule is O=C(NCC1(O)CCOc2ccccc21)c1cccc(Cl)c1. The van der Waals surface area contributed by atoms with Crippen LogP contribution < -0.4 is 10.1 Å². The molecule has 0 aliphatic carbocycles. The van der Waals surface area contributed by atoms with Gasteiger partial charge in [0.05, 0.1) is 13.2 Å². The van der Waals surface area contributed by atoms with Gasteiger partial charge in [-0.05, 0) is 24.3 Å². The van der Waals surface area contributed by atoms with E-state index in [4.69, 9.17) is 16.3 Å². The predicted octanol–water partition coefficient (Wildman–Crippen LogP) is 2.74. The van der Waals surface area contributed by atoms with Crippen molar-refractivity contribution in [1.29, 1.82) is 0 Å². The number of rotatable bonds is 3. The van der Waals surface area contributed by atoms with Gasteiger partial charge in [-0.3, -0.25) is 4.79 Å². The molecule has 3 rings (SSSR count). The van der Waals surface area contributed by atoms with Gasteiger partial charge in [0.2, 0.25) is 0 Å². The third-order valence-electron chi connectivity index (χ3n) is 3.79. The molecule has 114 valence electrons. The second-order valence-corrected chi connectivity index (χ2v) is 5.76. The predicted molar refractivity (Wildman–Crippen MR) is 84.2 cm³/mol. The quantitative estimate of drug-likeness (QED) is 0.915. The zero-order valence-corrected chi connectivity index (χ0v) is 12.6. The fourth-order valence-electron chi connectivity index (χ4n) is 2.58. The summed E-state index contributed by atoms with van der Waals surface area (Å²) in [5.74, 6) is 0.396. The number of fused-ring (bicyclic) bond motifs is 1. The average molecular weight is 318 g/mol. The smallest absolute Gasteiger partial charge is 0.251 e. The minimum Gasteiger partial charge on any atom is -0.493 e. The summed E-state index contributed by atoms with van der Waals surface area (Å²) in [7, 11) is 0. The van der Waals surface area contributed by atoms with Gasteiger partial charge in [0, 0.05) is 22.6 Å². The molecule has 22 heavy (non-hydrogen) atoms. The van der Waals surface area contributed by atoms with Crippen molar-refractivity contribution in [2.24, 2.45) is 0 Å². The van der Waals surface area contributed by atoms with Crippen molar-refractivity contribution < 1.29 is 14.6 Å². The Morgan fingerprint density at radius 1 is 1.27 bits per heavy atom. The summed E-state index contributed by atoms with van der Waals surface area (Å²) in [6.07, 6.45) is 0.430. The molecule has 0 saturated carbocycles. The van der Waals surface area contributed by atoms with E-state index in [0.717, 1.165) is 0 Å². The molecule has 1 aliphatic heterocycles. The summed E-state index contributed by atoms with van der Waals surface area (Å²) in [5, 5.41) is 14.1. The van der Waals surface area contributed by atoms with Crippen LogP contribution in [0.4, 0.5) is 0 Å². The largest absolute Gasteiger partial charge is 0.493 e.